The van der Waals surface area contributed by atoms with Crippen molar-refractivity contribution in [3.05, 3.63) is 24.3 Å². The molecule has 1 aromatic rings. The first-order chi connectivity index (χ1) is 12.9. The number of benzene rings is 1. The lowest BCUT2D eigenvalue weighted by Gasteiger charge is -2.36. The fraction of sp³-hybridized carbons (Fsp3) is 0.632. The Bertz CT molecular complexity index is 743. The van der Waals surface area contributed by atoms with Crippen molar-refractivity contribution >= 4 is 21.4 Å². The molecule has 2 saturated heterocycles. The van der Waals surface area contributed by atoms with Crippen LogP contribution in [0.5, 0.6) is 5.75 Å². The summed E-state index contributed by atoms with van der Waals surface area (Å²) in [5.74, 6) is 1.48. The Morgan fingerprint density at radius 2 is 1.85 bits per heavy atom. The van der Waals surface area contributed by atoms with E-state index in [2.05, 4.69) is 4.90 Å². The van der Waals surface area contributed by atoms with E-state index in [4.69, 9.17) is 4.74 Å². The molecule has 0 N–H and O–H groups in total. The maximum atomic E-state index is 12.5. The molecule has 150 valence electrons. The van der Waals surface area contributed by atoms with Crippen molar-refractivity contribution in [1.29, 1.82) is 0 Å². The number of anilines is 1. The van der Waals surface area contributed by atoms with Crippen molar-refractivity contribution in [2.45, 2.75) is 18.9 Å². The van der Waals surface area contributed by atoms with E-state index < -0.39 is 9.84 Å². The van der Waals surface area contributed by atoms with Gasteiger partial charge in [0.05, 0.1) is 18.6 Å². The molecule has 2 heterocycles. The van der Waals surface area contributed by atoms with E-state index in [-0.39, 0.29) is 23.5 Å². The molecule has 0 aromatic heterocycles. The average molecular weight is 396 g/mol. The van der Waals surface area contributed by atoms with Gasteiger partial charge in [0.15, 0.2) is 9.84 Å². The Balaban J connectivity index is 1.43. The van der Waals surface area contributed by atoms with E-state index in [1.807, 2.05) is 41.1 Å². The second kappa shape index (κ2) is 8.48. The first kappa shape index (κ1) is 19.9. The predicted octanol–water partition coefficient (Wildman–Crippen LogP) is 0.853. The highest BCUT2D eigenvalue weighted by molar-refractivity contribution is 7.91. The Kier molecular flexibility index (Phi) is 6.26. The van der Waals surface area contributed by atoms with Gasteiger partial charge in [-0.15, -0.1) is 0 Å². The van der Waals surface area contributed by atoms with Gasteiger partial charge in [-0.05, 0) is 37.7 Å². The molecule has 0 radical (unpaired) electrons. The fourth-order valence-electron chi connectivity index (χ4n) is 3.74. The first-order valence-electron chi connectivity index (χ1n) is 9.45. The van der Waals surface area contributed by atoms with Gasteiger partial charge in [0.1, 0.15) is 5.75 Å². The zero-order valence-corrected chi connectivity index (χ0v) is 17.0. The molecule has 27 heavy (non-hydrogen) atoms. The highest BCUT2D eigenvalue weighted by Gasteiger charge is 2.31. The third-order valence-corrected chi connectivity index (χ3v) is 7.33. The second-order valence-electron chi connectivity index (χ2n) is 7.35. The minimum Gasteiger partial charge on any atom is -0.497 e. The third kappa shape index (κ3) is 5.13. The van der Waals surface area contributed by atoms with Crippen LogP contribution in [0, 0.1) is 0 Å². The fourth-order valence-corrected chi connectivity index (χ4v) is 5.55. The molecule has 0 bridgehead atoms. The summed E-state index contributed by atoms with van der Waals surface area (Å²) in [6.07, 6.45) is 1.11. The lowest BCUT2D eigenvalue weighted by Crippen LogP contribution is -2.49. The normalized spacial score (nSPS) is 22.3. The van der Waals surface area contributed by atoms with E-state index in [1.165, 1.54) is 0 Å². The molecular formula is C19H29N3O4S. The number of hydrogen-bond acceptors (Lipinski definition) is 6. The molecule has 2 aliphatic rings. The van der Waals surface area contributed by atoms with Gasteiger partial charge in [-0.2, -0.15) is 0 Å². The summed E-state index contributed by atoms with van der Waals surface area (Å²) in [4.78, 5) is 18.7. The number of hydrogen-bond donors (Lipinski definition) is 0. The summed E-state index contributed by atoms with van der Waals surface area (Å²) < 4.78 is 28.4. The number of amides is 1. The van der Waals surface area contributed by atoms with Crippen LogP contribution in [0.4, 0.5) is 5.69 Å². The van der Waals surface area contributed by atoms with Gasteiger partial charge < -0.3 is 19.4 Å². The van der Waals surface area contributed by atoms with Crippen LogP contribution in [0.1, 0.15) is 12.8 Å². The Hall–Kier alpha value is -1.80. The molecule has 2 aliphatic heterocycles. The summed E-state index contributed by atoms with van der Waals surface area (Å²) in [7, 11) is 0.685. The first-order valence-corrected chi connectivity index (χ1v) is 11.3. The van der Waals surface area contributed by atoms with E-state index >= 15 is 0 Å². The largest absolute Gasteiger partial charge is 0.497 e. The minimum atomic E-state index is -2.89. The van der Waals surface area contributed by atoms with Gasteiger partial charge in [0, 0.05) is 50.9 Å². The van der Waals surface area contributed by atoms with Gasteiger partial charge in [-0.3, -0.25) is 4.79 Å². The number of sulfone groups is 1. The minimum absolute atomic E-state index is 0.0507. The summed E-state index contributed by atoms with van der Waals surface area (Å²) in [5.41, 5.74) is 1.14. The van der Waals surface area contributed by atoms with Crippen molar-refractivity contribution < 1.29 is 17.9 Å². The number of carbonyl (C=O) groups is 1. The van der Waals surface area contributed by atoms with Crippen molar-refractivity contribution in [1.82, 2.24) is 9.80 Å². The Labute approximate surface area is 161 Å². The Morgan fingerprint density at radius 1 is 1.19 bits per heavy atom. The predicted molar refractivity (Wildman–Crippen MR) is 106 cm³/mol. The zero-order chi connectivity index (χ0) is 19.4. The van der Waals surface area contributed by atoms with Crippen LogP contribution >= 0.6 is 0 Å². The maximum Gasteiger partial charge on any atom is 0.223 e. The van der Waals surface area contributed by atoms with Gasteiger partial charge in [-0.1, -0.05) is 0 Å². The number of ether oxygens (including phenoxy) is 1. The quantitative estimate of drug-likeness (QED) is 0.711. The summed E-state index contributed by atoms with van der Waals surface area (Å²) in [5, 5.41) is 0. The van der Waals surface area contributed by atoms with Crippen LogP contribution in [-0.4, -0.2) is 88.6 Å². The number of nitrogens with zero attached hydrogens (tertiary/aromatic N) is 3. The molecule has 1 aromatic carbocycles. The molecule has 1 atom stereocenters. The number of rotatable bonds is 6. The monoisotopic (exact) mass is 395 g/mol. The molecule has 8 heteroatoms. The van der Waals surface area contributed by atoms with Gasteiger partial charge in [0.2, 0.25) is 5.91 Å². The van der Waals surface area contributed by atoms with Gasteiger partial charge >= 0.3 is 0 Å². The standard InChI is InChI=1S/C19H29N3O4S/c1-20(17-8-14-27(24,25)15-17)9-7-19(23)22-12-10-21(11-13-22)16-3-5-18(26-2)6-4-16/h3-6,17H,7-15H2,1-2H3. The van der Waals surface area contributed by atoms with Crippen molar-refractivity contribution in [3.63, 3.8) is 0 Å². The van der Waals surface area contributed by atoms with Crippen LogP contribution in [-0.2, 0) is 14.6 Å². The molecule has 2 fully saturated rings. The Morgan fingerprint density at radius 3 is 2.41 bits per heavy atom. The van der Waals surface area contributed by atoms with Crippen LogP contribution in [0.3, 0.4) is 0 Å². The van der Waals surface area contributed by atoms with E-state index in [1.54, 1.807) is 7.11 Å². The average Bonchev–Trinajstić information content (AvgIpc) is 3.06. The second-order valence-corrected chi connectivity index (χ2v) is 9.58. The summed E-state index contributed by atoms with van der Waals surface area (Å²) in [6, 6.07) is 8.04. The van der Waals surface area contributed by atoms with Crippen molar-refractivity contribution in [2.24, 2.45) is 0 Å². The molecule has 0 spiro atoms. The lowest BCUT2D eigenvalue weighted by molar-refractivity contribution is -0.131. The third-order valence-electron chi connectivity index (χ3n) is 5.58. The number of methoxy groups -OCH3 is 1. The SMILES string of the molecule is COc1ccc(N2CCN(C(=O)CCN(C)C3CCS(=O)(=O)C3)CC2)cc1. The van der Waals surface area contributed by atoms with Gasteiger partial charge in [-0.25, -0.2) is 8.42 Å². The van der Waals surface area contributed by atoms with Crippen LogP contribution in [0.15, 0.2) is 24.3 Å². The zero-order valence-electron chi connectivity index (χ0n) is 16.1. The van der Waals surface area contributed by atoms with Crippen LogP contribution in [0.25, 0.3) is 0 Å². The van der Waals surface area contributed by atoms with E-state index in [0.717, 1.165) is 24.5 Å². The molecular weight excluding hydrogens is 366 g/mol. The maximum absolute atomic E-state index is 12.5. The number of piperazine rings is 1. The van der Waals surface area contributed by atoms with Crippen molar-refractivity contribution in [2.75, 3.05) is 63.3 Å². The highest BCUT2D eigenvalue weighted by Crippen LogP contribution is 2.21. The summed E-state index contributed by atoms with van der Waals surface area (Å²) in [6.45, 7) is 3.67. The smallest absolute Gasteiger partial charge is 0.223 e. The molecule has 3 rings (SSSR count). The van der Waals surface area contributed by atoms with Gasteiger partial charge in [0.25, 0.3) is 0 Å². The molecule has 7 nitrogen and oxygen atoms in total. The van der Waals surface area contributed by atoms with E-state index in [0.29, 0.717) is 32.5 Å². The van der Waals surface area contributed by atoms with E-state index in [9.17, 15) is 13.2 Å². The highest BCUT2D eigenvalue weighted by atomic mass is 32.2. The van der Waals surface area contributed by atoms with Crippen molar-refractivity contribution in [3.8, 4) is 5.75 Å². The molecule has 1 amide bonds. The molecule has 1 unspecified atom stereocenters. The topological polar surface area (TPSA) is 70.2 Å². The van der Waals surface area contributed by atoms with Crippen LogP contribution < -0.4 is 9.64 Å². The van der Waals surface area contributed by atoms with Crippen LogP contribution in [0.2, 0.25) is 0 Å². The lowest BCUT2D eigenvalue weighted by atomic mass is 10.2. The summed E-state index contributed by atoms with van der Waals surface area (Å²) >= 11 is 0. The molecule has 0 aliphatic carbocycles. The molecule has 0 saturated carbocycles. The number of carbonyl (C=O) groups excluding carboxylic acids is 1.